The molecule has 1 aromatic heterocycles. The van der Waals surface area contributed by atoms with Crippen LogP contribution in [0.5, 0.6) is 0 Å². The molecule has 0 fully saturated rings. The Labute approximate surface area is 119 Å². The summed E-state index contributed by atoms with van der Waals surface area (Å²) in [6.07, 6.45) is 0. The van der Waals surface area contributed by atoms with Crippen LogP contribution in [0.1, 0.15) is 11.3 Å². The van der Waals surface area contributed by atoms with Crippen molar-refractivity contribution in [2.75, 3.05) is 4.72 Å². The van der Waals surface area contributed by atoms with Crippen LogP contribution in [0.15, 0.2) is 44.3 Å². The Hall–Kier alpha value is -1.31. The molecule has 5 nitrogen and oxygen atoms in total. The molecule has 2 N–H and O–H groups in total. The maximum Gasteiger partial charge on any atom is 0.266 e. The van der Waals surface area contributed by atoms with E-state index in [1.54, 1.807) is 18.2 Å². The van der Waals surface area contributed by atoms with Gasteiger partial charge in [0.1, 0.15) is 17.3 Å². The molecule has 19 heavy (non-hydrogen) atoms. The quantitative estimate of drug-likeness (QED) is 0.892. The summed E-state index contributed by atoms with van der Waals surface area (Å²) in [5.74, 6) is 0.177. The molecule has 0 bridgehead atoms. The minimum atomic E-state index is -3.75. The maximum absolute atomic E-state index is 12.2. The lowest BCUT2D eigenvalue weighted by atomic mass is 10.2. The van der Waals surface area contributed by atoms with Gasteiger partial charge in [-0.15, -0.1) is 0 Å². The van der Waals surface area contributed by atoms with E-state index < -0.39 is 10.0 Å². The number of halogens is 1. The lowest BCUT2D eigenvalue weighted by molar-refractivity contribution is 0.245. The number of benzene rings is 1. The Balaban J connectivity index is 2.34. The molecule has 0 aliphatic rings. The Morgan fingerprint density at radius 1 is 1.37 bits per heavy atom. The number of hydrogen-bond acceptors (Lipinski definition) is 4. The van der Waals surface area contributed by atoms with E-state index in [1.165, 1.54) is 6.07 Å². The summed E-state index contributed by atoms with van der Waals surface area (Å²) >= 11 is 3.02. The van der Waals surface area contributed by atoms with Crippen molar-refractivity contribution in [2.45, 2.75) is 18.4 Å². The van der Waals surface area contributed by atoms with E-state index in [-0.39, 0.29) is 21.9 Å². The fourth-order valence-corrected chi connectivity index (χ4v) is 3.63. The van der Waals surface area contributed by atoms with Crippen LogP contribution in [0.25, 0.3) is 0 Å². The topological polar surface area (TPSA) is 79.5 Å². The van der Waals surface area contributed by atoms with Gasteiger partial charge in [0.2, 0.25) is 0 Å². The van der Waals surface area contributed by atoms with Crippen molar-refractivity contribution in [3.05, 3.63) is 46.3 Å². The first-order valence-corrected chi connectivity index (χ1v) is 7.68. The van der Waals surface area contributed by atoms with Crippen LogP contribution in [0, 0.1) is 6.92 Å². The molecule has 2 rings (SSSR count). The van der Waals surface area contributed by atoms with Gasteiger partial charge < -0.3 is 9.52 Å². The second-order valence-corrected chi connectivity index (χ2v) is 6.35. The summed E-state index contributed by atoms with van der Waals surface area (Å²) in [5.41, 5.74) is 1.42. The van der Waals surface area contributed by atoms with Gasteiger partial charge >= 0.3 is 0 Å². The molecule has 0 saturated heterocycles. The van der Waals surface area contributed by atoms with Crippen LogP contribution in [-0.4, -0.2) is 13.5 Å². The Bertz CT molecular complexity index is 694. The van der Waals surface area contributed by atoms with E-state index in [0.29, 0.717) is 5.69 Å². The molecule has 0 spiro atoms. The van der Waals surface area contributed by atoms with Gasteiger partial charge in [0, 0.05) is 11.8 Å². The van der Waals surface area contributed by atoms with E-state index >= 15 is 0 Å². The zero-order valence-corrected chi connectivity index (χ0v) is 12.5. The first-order valence-electron chi connectivity index (χ1n) is 5.41. The molecular weight excluding hydrogens is 334 g/mol. The fourth-order valence-electron chi connectivity index (χ4n) is 1.58. The molecule has 2 aromatic rings. The van der Waals surface area contributed by atoms with Crippen molar-refractivity contribution in [3.8, 4) is 0 Å². The smallest absolute Gasteiger partial charge is 0.266 e. The number of aliphatic hydroxyl groups is 1. The highest BCUT2D eigenvalue weighted by Crippen LogP contribution is 2.28. The van der Waals surface area contributed by atoms with Crippen molar-refractivity contribution in [1.29, 1.82) is 0 Å². The molecule has 0 radical (unpaired) electrons. The van der Waals surface area contributed by atoms with Gasteiger partial charge in [-0.05, 0) is 40.5 Å². The summed E-state index contributed by atoms with van der Waals surface area (Å²) in [5, 5.41) is 8.94. The van der Waals surface area contributed by atoms with Crippen molar-refractivity contribution in [3.63, 3.8) is 0 Å². The van der Waals surface area contributed by atoms with Crippen molar-refractivity contribution < 1.29 is 17.9 Å². The fraction of sp³-hybridized carbons (Fsp3) is 0.167. The van der Waals surface area contributed by atoms with Crippen LogP contribution in [-0.2, 0) is 16.6 Å². The number of sulfonamides is 1. The summed E-state index contributed by atoms with van der Waals surface area (Å²) in [6, 6.07) is 8.29. The molecular formula is C12H12BrNO4S. The van der Waals surface area contributed by atoms with E-state index in [9.17, 15) is 8.42 Å². The molecule has 102 valence electrons. The number of anilines is 1. The van der Waals surface area contributed by atoms with Crippen molar-refractivity contribution >= 4 is 31.6 Å². The highest BCUT2D eigenvalue weighted by molar-refractivity contribution is 9.10. The number of aryl methyl sites for hydroxylation is 1. The SMILES string of the molecule is Cc1cccc(NS(=O)(=O)c2cc(CO)oc2Br)c1. The van der Waals surface area contributed by atoms with Crippen LogP contribution in [0.3, 0.4) is 0 Å². The monoisotopic (exact) mass is 345 g/mol. The molecule has 0 aliphatic carbocycles. The van der Waals surface area contributed by atoms with Crippen LogP contribution < -0.4 is 4.72 Å². The Morgan fingerprint density at radius 3 is 2.68 bits per heavy atom. The van der Waals surface area contributed by atoms with Gasteiger partial charge in [-0.25, -0.2) is 8.42 Å². The second kappa shape index (κ2) is 5.36. The summed E-state index contributed by atoms with van der Waals surface area (Å²) in [7, 11) is -3.75. The number of hydrogen-bond donors (Lipinski definition) is 2. The number of aliphatic hydroxyl groups excluding tert-OH is 1. The second-order valence-electron chi connectivity index (χ2n) is 3.98. The van der Waals surface area contributed by atoms with Gasteiger partial charge in [0.15, 0.2) is 4.67 Å². The normalized spacial score (nSPS) is 11.5. The molecule has 1 aromatic carbocycles. The van der Waals surface area contributed by atoms with Gasteiger partial charge in [-0.3, -0.25) is 4.72 Å². The minimum absolute atomic E-state index is 0.0435. The zero-order chi connectivity index (χ0) is 14.0. The minimum Gasteiger partial charge on any atom is -0.450 e. The molecule has 0 amide bonds. The first kappa shape index (κ1) is 14.1. The average molecular weight is 346 g/mol. The maximum atomic E-state index is 12.2. The van der Waals surface area contributed by atoms with Gasteiger partial charge in [0.25, 0.3) is 10.0 Å². The molecule has 0 atom stereocenters. The predicted octanol–water partition coefficient (Wildman–Crippen LogP) is 2.64. The Kier molecular flexibility index (Phi) is 3.98. The van der Waals surface area contributed by atoms with E-state index in [4.69, 9.17) is 9.52 Å². The molecule has 7 heteroatoms. The molecule has 0 unspecified atom stereocenters. The third kappa shape index (κ3) is 3.17. The highest BCUT2D eigenvalue weighted by Gasteiger charge is 2.22. The number of rotatable bonds is 4. The van der Waals surface area contributed by atoms with E-state index in [0.717, 1.165) is 5.56 Å². The molecule has 0 aliphatic heterocycles. The van der Waals surface area contributed by atoms with Crippen molar-refractivity contribution in [1.82, 2.24) is 0 Å². The number of nitrogens with one attached hydrogen (secondary N) is 1. The summed E-state index contributed by atoms with van der Waals surface area (Å²) < 4.78 is 31.9. The molecule has 1 heterocycles. The first-order chi connectivity index (χ1) is 8.92. The number of furan rings is 1. The highest BCUT2D eigenvalue weighted by atomic mass is 79.9. The summed E-state index contributed by atoms with van der Waals surface area (Å²) in [6.45, 7) is 1.51. The van der Waals surface area contributed by atoms with E-state index in [1.807, 2.05) is 13.0 Å². The van der Waals surface area contributed by atoms with E-state index in [2.05, 4.69) is 20.7 Å². The summed E-state index contributed by atoms with van der Waals surface area (Å²) in [4.78, 5) is -0.0435. The predicted molar refractivity (Wildman–Crippen MR) is 74.3 cm³/mol. The zero-order valence-electron chi connectivity index (χ0n) is 10.1. The van der Waals surface area contributed by atoms with Crippen LogP contribution in [0.2, 0.25) is 0 Å². The lowest BCUT2D eigenvalue weighted by Crippen LogP contribution is -2.12. The third-order valence-corrected chi connectivity index (χ3v) is 4.66. The van der Waals surface area contributed by atoms with Gasteiger partial charge in [-0.1, -0.05) is 12.1 Å². The largest absolute Gasteiger partial charge is 0.450 e. The standard InChI is InChI=1S/C12H12BrNO4S/c1-8-3-2-4-9(5-8)14-19(16,17)11-6-10(7-15)18-12(11)13/h2-6,14-15H,7H2,1H3. The van der Waals surface area contributed by atoms with Gasteiger partial charge in [-0.2, -0.15) is 0 Å². The van der Waals surface area contributed by atoms with Crippen LogP contribution in [0.4, 0.5) is 5.69 Å². The van der Waals surface area contributed by atoms with Crippen LogP contribution >= 0.6 is 15.9 Å². The average Bonchev–Trinajstić information content (AvgIpc) is 2.71. The lowest BCUT2D eigenvalue weighted by Gasteiger charge is -2.07. The third-order valence-electron chi connectivity index (χ3n) is 2.42. The molecule has 0 saturated carbocycles. The Morgan fingerprint density at radius 2 is 2.11 bits per heavy atom. The van der Waals surface area contributed by atoms with Crippen molar-refractivity contribution in [2.24, 2.45) is 0 Å². The van der Waals surface area contributed by atoms with Gasteiger partial charge in [0.05, 0.1) is 0 Å².